The fourth-order valence-corrected chi connectivity index (χ4v) is 1.11. The zero-order valence-electron chi connectivity index (χ0n) is 10.1. The van der Waals surface area contributed by atoms with E-state index in [0.29, 0.717) is 0 Å². The van der Waals surface area contributed by atoms with Crippen molar-refractivity contribution in [1.29, 1.82) is 0 Å². The van der Waals surface area contributed by atoms with Crippen LogP contribution in [0.2, 0.25) is 0 Å². The molecule has 0 aromatic carbocycles. The number of amides is 2. The summed E-state index contributed by atoms with van der Waals surface area (Å²) < 4.78 is 0. The number of nitrogens with one attached hydrogen (secondary N) is 2. The maximum Gasteiger partial charge on any atom is 0.230 e. The third-order valence-electron chi connectivity index (χ3n) is 2.60. The van der Waals surface area contributed by atoms with Gasteiger partial charge in [0, 0.05) is 13.5 Å². The molecule has 4 N–H and O–H groups in total. The van der Waals surface area contributed by atoms with Gasteiger partial charge in [-0.3, -0.25) is 9.59 Å². The van der Waals surface area contributed by atoms with Crippen LogP contribution in [0.15, 0.2) is 0 Å². The van der Waals surface area contributed by atoms with Gasteiger partial charge in [0.2, 0.25) is 11.8 Å². The van der Waals surface area contributed by atoms with Crippen molar-refractivity contribution >= 4 is 11.8 Å². The second kappa shape index (κ2) is 5.27. The van der Waals surface area contributed by atoms with Crippen LogP contribution in [0.4, 0.5) is 0 Å². The van der Waals surface area contributed by atoms with E-state index in [-0.39, 0.29) is 13.2 Å². The Morgan fingerprint density at radius 1 is 1.25 bits per heavy atom. The first kappa shape index (κ1) is 14.9. The Balaban J connectivity index is 4.73. The lowest BCUT2D eigenvalue weighted by Gasteiger charge is -2.38. The second-order valence-electron chi connectivity index (χ2n) is 4.36. The van der Waals surface area contributed by atoms with Crippen LogP contribution in [0.25, 0.3) is 0 Å². The molecule has 1 unspecified atom stereocenters. The van der Waals surface area contributed by atoms with Gasteiger partial charge in [0.1, 0.15) is 5.72 Å². The Bertz CT molecular complexity index is 274. The molecule has 1 atom stereocenters. The average Bonchev–Trinajstić information content (AvgIpc) is 2.11. The van der Waals surface area contributed by atoms with Crippen LogP contribution in [0.1, 0.15) is 27.7 Å². The molecule has 0 aliphatic rings. The lowest BCUT2D eigenvalue weighted by molar-refractivity contribution is -0.153. The summed E-state index contributed by atoms with van der Waals surface area (Å²) in [4.78, 5) is 22.6. The summed E-state index contributed by atoms with van der Waals surface area (Å²) in [5.74, 6) is -0.867. The van der Waals surface area contributed by atoms with Gasteiger partial charge < -0.3 is 20.8 Å². The number of rotatable bonds is 5. The minimum Gasteiger partial charge on any atom is -0.395 e. The summed E-state index contributed by atoms with van der Waals surface area (Å²) in [6.07, 6.45) is 0. The van der Waals surface area contributed by atoms with Crippen molar-refractivity contribution in [2.45, 2.75) is 33.4 Å². The van der Waals surface area contributed by atoms with Crippen LogP contribution in [-0.2, 0) is 9.59 Å². The minimum absolute atomic E-state index is 0.110. The van der Waals surface area contributed by atoms with Gasteiger partial charge in [-0.2, -0.15) is 0 Å². The van der Waals surface area contributed by atoms with E-state index in [2.05, 4.69) is 10.6 Å². The zero-order valence-corrected chi connectivity index (χ0v) is 10.1. The van der Waals surface area contributed by atoms with Crippen LogP contribution in [0, 0.1) is 5.41 Å². The highest BCUT2D eigenvalue weighted by molar-refractivity contribution is 5.84. The SMILES string of the molecule is CC(=O)NC(C)(O)C(C)(C)C(=O)NCCO. The Hall–Kier alpha value is -1.14. The molecule has 0 bridgehead atoms. The summed E-state index contributed by atoms with van der Waals surface area (Å²) >= 11 is 0. The number of hydrogen-bond donors (Lipinski definition) is 4. The molecule has 0 aromatic rings. The van der Waals surface area contributed by atoms with Crippen molar-refractivity contribution in [2.24, 2.45) is 5.41 Å². The van der Waals surface area contributed by atoms with E-state index in [1.54, 1.807) is 0 Å². The Kier molecular flexibility index (Phi) is 4.89. The number of aliphatic hydroxyl groups excluding tert-OH is 1. The van der Waals surface area contributed by atoms with Crippen LogP contribution >= 0.6 is 0 Å². The maximum atomic E-state index is 11.7. The summed E-state index contributed by atoms with van der Waals surface area (Å²) in [7, 11) is 0. The molecule has 0 saturated carbocycles. The quantitative estimate of drug-likeness (QED) is 0.455. The number of hydrogen-bond acceptors (Lipinski definition) is 4. The van der Waals surface area contributed by atoms with Gasteiger partial charge in [0.15, 0.2) is 0 Å². The molecule has 6 heteroatoms. The Morgan fingerprint density at radius 3 is 2.12 bits per heavy atom. The van der Waals surface area contributed by atoms with Gasteiger partial charge in [-0.1, -0.05) is 0 Å². The van der Waals surface area contributed by atoms with E-state index >= 15 is 0 Å². The van der Waals surface area contributed by atoms with Crippen LogP contribution in [0.3, 0.4) is 0 Å². The molecule has 2 amide bonds. The molecule has 0 aromatic heterocycles. The molecule has 0 heterocycles. The van der Waals surface area contributed by atoms with Gasteiger partial charge in [-0.05, 0) is 20.8 Å². The fraction of sp³-hybridized carbons (Fsp3) is 0.800. The fourth-order valence-electron chi connectivity index (χ4n) is 1.11. The molecule has 0 fully saturated rings. The van der Waals surface area contributed by atoms with Crippen molar-refractivity contribution in [3.63, 3.8) is 0 Å². The molecule has 0 spiro atoms. The van der Waals surface area contributed by atoms with Crippen molar-refractivity contribution < 1.29 is 19.8 Å². The van der Waals surface area contributed by atoms with Crippen LogP contribution in [0.5, 0.6) is 0 Å². The molecule has 6 nitrogen and oxygen atoms in total. The maximum absolute atomic E-state index is 11.7. The summed E-state index contributed by atoms with van der Waals surface area (Å²) in [6, 6.07) is 0. The van der Waals surface area contributed by atoms with E-state index in [0.717, 1.165) is 0 Å². The van der Waals surface area contributed by atoms with E-state index < -0.39 is 23.0 Å². The van der Waals surface area contributed by atoms with Gasteiger partial charge in [-0.25, -0.2) is 0 Å². The molecule has 0 saturated heterocycles. The second-order valence-corrected chi connectivity index (χ2v) is 4.36. The largest absolute Gasteiger partial charge is 0.395 e. The number of aliphatic hydroxyl groups is 2. The summed E-state index contributed by atoms with van der Waals surface area (Å²) in [6.45, 7) is 5.57. The molecular weight excluding hydrogens is 212 g/mol. The smallest absolute Gasteiger partial charge is 0.230 e. The standard InChI is InChI=1S/C10H20N2O4/c1-7(14)12-10(4,16)9(2,3)8(15)11-5-6-13/h13,16H,5-6H2,1-4H3,(H,11,15)(H,12,14). The van der Waals surface area contributed by atoms with Gasteiger partial charge >= 0.3 is 0 Å². The van der Waals surface area contributed by atoms with Crippen molar-refractivity contribution in [1.82, 2.24) is 10.6 Å². The number of carbonyl (C=O) groups is 2. The first-order valence-electron chi connectivity index (χ1n) is 5.05. The van der Waals surface area contributed by atoms with Gasteiger partial charge in [0.25, 0.3) is 0 Å². The highest BCUT2D eigenvalue weighted by Crippen LogP contribution is 2.28. The molecule has 0 aliphatic heterocycles. The van der Waals surface area contributed by atoms with Gasteiger partial charge in [0.05, 0.1) is 12.0 Å². The van der Waals surface area contributed by atoms with Crippen molar-refractivity contribution in [2.75, 3.05) is 13.2 Å². The first-order valence-corrected chi connectivity index (χ1v) is 5.05. The van der Waals surface area contributed by atoms with E-state index in [9.17, 15) is 14.7 Å². The highest BCUT2D eigenvalue weighted by Gasteiger charge is 2.45. The summed E-state index contributed by atoms with van der Waals surface area (Å²) in [5, 5.41) is 23.4. The Labute approximate surface area is 95.0 Å². The van der Waals surface area contributed by atoms with E-state index in [4.69, 9.17) is 5.11 Å². The molecule has 0 aliphatic carbocycles. The van der Waals surface area contributed by atoms with Gasteiger partial charge in [-0.15, -0.1) is 0 Å². The third-order valence-corrected chi connectivity index (χ3v) is 2.60. The predicted octanol–water partition coefficient (Wildman–Crippen LogP) is -1.03. The van der Waals surface area contributed by atoms with E-state index in [1.165, 1.54) is 27.7 Å². The van der Waals surface area contributed by atoms with Crippen LogP contribution in [-0.4, -0.2) is 40.9 Å². The Morgan fingerprint density at radius 2 is 1.75 bits per heavy atom. The average molecular weight is 232 g/mol. The third kappa shape index (κ3) is 3.46. The van der Waals surface area contributed by atoms with Crippen molar-refractivity contribution in [3.05, 3.63) is 0 Å². The number of carbonyl (C=O) groups excluding carboxylic acids is 2. The minimum atomic E-state index is -1.65. The molecule has 0 rings (SSSR count). The topological polar surface area (TPSA) is 98.7 Å². The van der Waals surface area contributed by atoms with E-state index in [1.807, 2.05) is 0 Å². The van der Waals surface area contributed by atoms with Crippen LogP contribution < -0.4 is 10.6 Å². The van der Waals surface area contributed by atoms with Crippen molar-refractivity contribution in [3.8, 4) is 0 Å². The normalized spacial score (nSPS) is 15.1. The lowest BCUT2D eigenvalue weighted by atomic mass is 9.81. The predicted molar refractivity (Wildman–Crippen MR) is 58.3 cm³/mol. The molecule has 0 radical (unpaired) electrons. The first-order chi connectivity index (χ1) is 7.15. The zero-order chi connectivity index (χ0) is 13.0. The highest BCUT2D eigenvalue weighted by atomic mass is 16.3. The lowest BCUT2D eigenvalue weighted by Crippen LogP contribution is -2.61. The molecule has 16 heavy (non-hydrogen) atoms. The molecular formula is C10H20N2O4. The molecule has 94 valence electrons. The monoisotopic (exact) mass is 232 g/mol. The summed E-state index contributed by atoms with van der Waals surface area (Å²) in [5.41, 5.74) is -2.85.